The molecule has 7 nitrogen and oxygen atoms in total. The number of carbonyl (C=O) groups is 1. The molecule has 0 aliphatic carbocycles. The number of amides is 1. The van der Waals surface area contributed by atoms with Crippen LogP contribution in [0.5, 0.6) is 0 Å². The van der Waals surface area contributed by atoms with Crippen molar-refractivity contribution in [1.29, 1.82) is 0 Å². The van der Waals surface area contributed by atoms with Gasteiger partial charge in [0.05, 0.1) is 17.1 Å². The van der Waals surface area contributed by atoms with E-state index in [1.807, 2.05) is 30.3 Å². The Morgan fingerprint density at radius 1 is 1.12 bits per heavy atom. The van der Waals surface area contributed by atoms with Gasteiger partial charge in [0.15, 0.2) is 0 Å². The van der Waals surface area contributed by atoms with E-state index in [0.717, 1.165) is 12.1 Å². The Morgan fingerprint density at radius 3 is 2.45 bits per heavy atom. The lowest BCUT2D eigenvalue weighted by atomic mass is 9.97. The fourth-order valence-electron chi connectivity index (χ4n) is 4.41. The zero-order chi connectivity index (χ0) is 23.6. The van der Waals surface area contributed by atoms with Gasteiger partial charge in [-0.25, -0.2) is 13.1 Å². The van der Waals surface area contributed by atoms with Crippen molar-refractivity contribution in [3.05, 3.63) is 63.6 Å². The van der Waals surface area contributed by atoms with Crippen molar-refractivity contribution in [1.82, 2.24) is 19.4 Å². The van der Waals surface area contributed by atoms with Crippen LogP contribution in [0.25, 0.3) is 5.69 Å². The van der Waals surface area contributed by atoms with Crippen LogP contribution in [0.4, 0.5) is 0 Å². The third-order valence-electron chi connectivity index (χ3n) is 6.27. The predicted molar refractivity (Wildman–Crippen MR) is 130 cm³/mol. The Bertz CT molecular complexity index is 1220. The molecule has 3 aromatic rings. The molecular weight excluding hydrogens is 456 g/mol. The van der Waals surface area contributed by atoms with Gasteiger partial charge in [-0.2, -0.15) is 9.40 Å². The Labute approximate surface area is 199 Å². The SMILES string of the molecule is Cc1ccsc1CCNC(=O)C1CCN(S(=O)(=O)c2c(C)nn(-c3ccccc3)c2C)CC1. The molecule has 1 amide bonds. The van der Waals surface area contributed by atoms with Crippen molar-refractivity contribution in [2.45, 2.75) is 44.9 Å². The van der Waals surface area contributed by atoms with Crippen LogP contribution in [0.15, 0.2) is 46.7 Å². The molecule has 33 heavy (non-hydrogen) atoms. The van der Waals surface area contributed by atoms with Crippen molar-refractivity contribution < 1.29 is 13.2 Å². The minimum absolute atomic E-state index is 0.0190. The standard InChI is InChI=1S/C24H30N4O3S2/c1-17-12-16-32-22(17)9-13-25-24(29)20-10-14-27(15-11-20)33(30,31)23-18(2)26-28(19(23)3)21-7-5-4-6-8-21/h4-8,12,16,20H,9-11,13-15H2,1-3H3,(H,25,29). The highest BCUT2D eigenvalue weighted by Crippen LogP contribution is 2.29. The van der Waals surface area contributed by atoms with E-state index in [1.165, 1.54) is 14.7 Å². The second-order valence-electron chi connectivity index (χ2n) is 8.49. The maximum atomic E-state index is 13.5. The molecule has 0 saturated carbocycles. The molecule has 1 saturated heterocycles. The molecule has 0 bridgehead atoms. The third-order valence-corrected chi connectivity index (χ3v) is 9.50. The summed E-state index contributed by atoms with van der Waals surface area (Å²) >= 11 is 1.71. The number of hydrogen-bond donors (Lipinski definition) is 1. The molecule has 1 aromatic carbocycles. The van der Waals surface area contributed by atoms with E-state index < -0.39 is 10.0 Å². The van der Waals surface area contributed by atoms with Gasteiger partial charge in [0.1, 0.15) is 4.90 Å². The second-order valence-corrected chi connectivity index (χ2v) is 11.4. The fourth-order valence-corrected chi connectivity index (χ4v) is 7.15. The van der Waals surface area contributed by atoms with Crippen LogP contribution in [-0.2, 0) is 21.2 Å². The number of rotatable bonds is 7. The topological polar surface area (TPSA) is 84.3 Å². The smallest absolute Gasteiger partial charge is 0.246 e. The molecule has 1 aliphatic heterocycles. The largest absolute Gasteiger partial charge is 0.355 e. The summed E-state index contributed by atoms with van der Waals surface area (Å²) in [5.74, 6) is -0.138. The molecule has 176 valence electrons. The predicted octanol–water partition coefficient (Wildman–Crippen LogP) is 3.62. The summed E-state index contributed by atoms with van der Waals surface area (Å²) in [6.07, 6.45) is 1.87. The number of thiophene rings is 1. The Kier molecular flexibility index (Phi) is 7.02. The van der Waals surface area contributed by atoms with Gasteiger partial charge in [-0.05, 0) is 69.2 Å². The van der Waals surface area contributed by atoms with Gasteiger partial charge in [-0.15, -0.1) is 11.3 Å². The maximum absolute atomic E-state index is 13.5. The van der Waals surface area contributed by atoms with Crippen LogP contribution < -0.4 is 5.32 Å². The van der Waals surface area contributed by atoms with Crippen molar-refractivity contribution in [2.24, 2.45) is 5.92 Å². The van der Waals surface area contributed by atoms with Gasteiger partial charge >= 0.3 is 0 Å². The lowest BCUT2D eigenvalue weighted by molar-refractivity contribution is -0.126. The number of aryl methyl sites for hydroxylation is 2. The van der Waals surface area contributed by atoms with E-state index in [0.29, 0.717) is 43.9 Å². The molecule has 1 fully saturated rings. The van der Waals surface area contributed by atoms with Crippen LogP contribution in [0.2, 0.25) is 0 Å². The highest BCUT2D eigenvalue weighted by Gasteiger charge is 2.35. The van der Waals surface area contributed by atoms with E-state index in [9.17, 15) is 13.2 Å². The van der Waals surface area contributed by atoms with Crippen molar-refractivity contribution in [3.63, 3.8) is 0 Å². The quantitative estimate of drug-likeness (QED) is 0.553. The van der Waals surface area contributed by atoms with Gasteiger partial charge in [0, 0.05) is 30.4 Å². The molecule has 9 heteroatoms. The zero-order valence-corrected chi connectivity index (χ0v) is 20.9. The van der Waals surface area contributed by atoms with Crippen LogP contribution in [0.3, 0.4) is 0 Å². The van der Waals surface area contributed by atoms with Crippen molar-refractivity contribution >= 4 is 27.3 Å². The first kappa shape index (κ1) is 23.7. The van der Waals surface area contributed by atoms with Crippen LogP contribution in [0, 0.1) is 26.7 Å². The van der Waals surface area contributed by atoms with Gasteiger partial charge in [0.2, 0.25) is 15.9 Å². The third kappa shape index (κ3) is 4.90. The number of benzene rings is 1. The molecule has 0 atom stereocenters. The number of hydrogen-bond acceptors (Lipinski definition) is 5. The molecule has 2 aromatic heterocycles. The average Bonchev–Trinajstić information content (AvgIpc) is 3.36. The first-order valence-corrected chi connectivity index (χ1v) is 13.5. The normalized spacial score (nSPS) is 15.6. The Hall–Kier alpha value is -2.49. The van der Waals surface area contributed by atoms with Crippen molar-refractivity contribution in [2.75, 3.05) is 19.6 Å². The second kappa shape index (κ2) is 9.79. The molecule has 1 N–H and O–H groups in total. The van der Waals surface area contributed by atoms with Crippen LogP contribution in [-0.4, -0.2) is 48.0 Å². The Morgan fingerprint density at radius 2 is 1.82 bits per heavy atom. The van der Waals surface area contributed by atoms with Gasteiger partial charge in [-0.1, -0.05) is 18.2 Å². The zero-order valence-electron chi connectivity index (χ0n) is 19.2. The van der Waals surface area contributed by atoms with E-state index in [2.05, 4.69) is 28.8 Å². The minimum Gasteiger partial charge on any atom is -0.355 e. The summed E-state index contributed by atoms with van der Waals surface area (Å²) in [7, 11) is -3.69. The van der Waals surface area contributed by atoms with Crippen molar-refractivity contribution in [3.8, 4) is 5.69 Å². The Balaban J connectivity index is 1.39. The molecule has 0 radical (unpaired) electrons. The summed E-state index contributed by atoms with van der Waals surface area (Å²) in [6.45, 7) is 6.87. The van der Waals surface area contributed by atoms with E-state index in [4.69, 9.17) is 0 Å². The number of nitrogens with one attached hydrogen (secondary N) is 1. The highest BCUT2D eigenvalue weighted by atomic mass is 32.2. The minimum atomic E-state index is -3.69. The van der Waals surface area contributed by atoms with E-state index >= 15 is 0 Å². The summed E-state index contributed by atoms with van der Waals surface area (Å²) in [4.78, 5) is 14.2. The molecule has 4 rings (SSSR count). The maximum Gasteiger partial charge on any atom is 0.246 e. The fraction of sp³-hybridized carbons (Fsp3) is 0.417. The molecule has 0 unspecified atom stereocenters. The summed E-state index contributed by atoms with van der Waals surface area (Å²) in [5, 5.41) is 9.59. The number of piperidine rings is 1. The lowest BCUT2D eigenvalue weighted by Gasteiger charge is -2.30. The number of nitrogens with zero attached hydrogens (tertiary/aromatic N) is 3. The van der Waals surface area contributed by atoms with Gasteiger partial charge in [-0.3, -0.25) is 4.79 Å². The highest BCUT2D eigenvalue weighted by molar-refractivity contribution is 7.89. The van der Waals surface area contributed by atoms with Gasteiger partial charge < -0.3 is 5.32 Å². The summed E-state index contributed by atoms with van der Waals surface area (Å²) in [6, 6.07) is 11.6. The van der Waals surface area contributed by atoms with E-state index in [1.54, 1.807) is 29.9 Å². The number of aromatic nitrogens is 2. The van der Waals surface area contributed by atoms with E-state index in [-0.39, 0.29) is 16.7 Å². The number of sulfonamides is 1. The molecule has 3 heterocycles. The molecule has 0 spiro atoms. The number of para-hydroxylation sites is 1. The first-order chi connectivity index (χ1) is 15.8. The van der Waals surface area contributed by atoms with Crippen LogP contribution >= 0.6 is 11.3 Å². The molecule has 1 aliphatic rings. The molecular formula is C24H30N4O3S2. The van der Waals surface area contributed by atoms with Gasteiger partial charge in [0.25, 0.3) is 0 Å². The number of carbonyl (C=O) groups excluding carboxylic acids is 1. The average molecular weight is 487 g/mol. The summed E-state index contributed by atoms with van der Waals surface area (Å²) in [5.41, 5.74) is 3.17. The monoisotopic (exact) mass is 486 g/mol. The van der Waals surface area contributed by atoms with Crippen LogP contribution in [0.1, 0.15) is 34.7 Å². The summed E-state index contributed by atoms with van der Waals surface area (Å²) < 4.78 is 30.1. The first-order valence-electron chi connectivity index (χ1n) is 11.2. The lowest BCUT2D eigenvalue weighted by Crippen LogP contribution is -2.43.